The first-order valence-corrected chi connectivity index (χ1v) is 3.25. The number of carbonyl (C=O) groups is 2. The van der Waals surface area contributed by atoms with Crippen molar-refractivity contribution in [1.29, 1.82) is 0 Å². The van der Waals surface area contributed by atoms with Gasteiger partial charge in [-0.1, -0.05) is 5.92 Å². The number of ketones is 1. The van der Waals surface area contributed by atoms with Crippen molar-refractivity contribution in [3.63, 3.8) is 0 Å². The number of ether oxygens (including phenoxy) is 1. The maximum atomic E-state index is 10.7. The van der Waals surface area contributed by atoms with E-state index in [0.29, 0.717) is 0 Å². The zero-order valence-electron chi connectivity index (χ0n) is 6.80. The molecular weight excluding hydrogens is 144 g/mol. The summed E-state index contributed by atoms with van der Waals surface area (Å²) in [5, 5.41) is 0. The highest BCUT2D eigenvalue weighted by molar-refractivity contribution is 6.40. The Morgan fingerprint density at radius 2 is 1.91 bits per heavy atom. The van der Waals surface area contributed by atoms with Crippen molar-refractivity contribution in [3.8, 4) is 11.8 Å². The van der Waals surface area contributed by atoms with Gasteiger partial charge in [-0.15, -0.1) is 0 Å². The Balaban J connectivity index is 4.01. The molecule has 0 radical (unpaired) electrons. The van der Waals surface area contributed by atoms with Crippen molar-refractivity contribution in [2.24, 2.45) is 0 Å². The molecule has 0 aliphatic rings. The third-order valence-corrected chi connectivity index (χ3v) is 0.767. The second kappa shape index (κ2) is 4.51. The second-order valence-electron chi connectivity index (χ2n) is 2.16. The lowest BCUT2D eigenvalue weighted by Gasteiger charge is -2.03. The van der Waals surface area contributed by atoms with Gasteiger partial charge in [0.25, 0.3) is 0 Å². The van der Waals surface area contributed by atoms with Crippen molar-refractivity contribution in [2.75, 3.05) is 0 Å². The molecule has 0 saturated carbocycles. The summed E-state index contributed by atoms with van der Waals surface area (Å²) in [4.78, 5) is 21.3. The number of esters is 1. The highest BCUT2D eigenvalue weighted by Crippen LogP contribution is 1.89. The van der Waals surface area contributed by atoms with Crippen LogP contribution in [0.25, 0.3) is 0 Å². The standard InChI is InChI=1S/C8H10O3/c1-4-5-7(9)8(10)11-6(2)3/h6H,1-3H3. The molecule has 0 rings (SSSR count). The highest BCUT2D eigenvalue weighted by Gasteiger charge is 2.13. The Morgan fingerprint density at radius 1 is 1.36 bits per heavy atom. The predicted octanol–water partition coefficient (Wildman–Crippen LogP) is 0.530. The van der Waals surface area contributed by atoms with Gasteiger partial charge >= 0.3 is 11.8 Å². The van der Waals surface area contributed by atoms with E-state index >= 15 is 0 Å². The largest absolute Gasteiger partial charge is 0.456 e. The van der Waals surface area contributed by atoms with Gasteiger partial charge in [0.2, 0.25) is 0 Å². The molecule has 3 nitrogen and oxygen atoms in total. The van der Waals surface area contributed by atoms with E-state index in [-0.39, 0.29) is 6.10 Å². The summed E-state index contributed by atoms with van der Waals surface area (Å²) in [6.07, 6.45) is -0.273. The first-order valence-electron chi connectivity index (χ1n) is 3.25. The molecule has 0 aliphatic heterocycles. The van der Waals surface area contributed by atoms with Crippen molar-refractivity contribution >= 4 is 11.8 Å². The third-order valence-electron chi connectivity index (χ3n) is 0.767. The molecule has 0 aromatic heterocycles. The van der Waals surface area contributed by atoms with Crippen LogP contribution in [0.1, 0.15) is 20.8 Å². The van der Waals surface area contributed by atoms with E-state index in [1.165, 1.54) is 6.92 Å². The molecule has 0 amide bonds. The normalized spacial score (nSPS) is 8.36. The van der Waals surface area contributed by atoms with Crippen LogP contribution in [0.3, 0.4) is 0 Å². The number of carbonyl (C=O) groups excluding carboxylic acids is 2. The van der Waals surface area contributed by atoms with Gasteiger partial charge in [-0.25, -0.2) is 4.79 Å². The molecule has 0 unspecified atom stereocenters. The van der Waals surface area contributed by atoms with Crippen LogP contribution in [0.15, 0.2) is 0 Å². The summed E-state index contributed by atoms with van der Waals surface area (Å²) in [6.45, 7) is 4.83. The molecular formula is C8H10O3. The van der Waals surface area contributed by atoms with Gasteiger partial charge in [-0.2, -0.15) is 0 Å². The molecule has 0 atom stereocenters. The van der Waals surface area contributed by atoms with Gasteiger partial charge in [0.05, 0.1) is 6.10 Å². The Hall–Kier alpha value is -1.30. The van der Waals surface area contributed by atoms with E-state index in [1.807, 2.05) is 0 Å². The van der Waals surface area contributed by atoms with Crippen molar-refractivity contribution in [1.82, 2.24) is 0 Å². The molecule has 0 fully saturated rings. The van der Waals surface area contributed by atoms with Crippen molar-refractivity contribution in [3.05, 3.63) is 0 Å². The van der Waals surface area contributed by atoms with Gasteiger partial charge in [0.15, 0.2) is 0 Å². The van der Waals surface area contributed by atoms with Crippen LogP contribution in [-0.4, -0.2) is 17.9 Å². The average Bonchev–Trinajstić information content (AvgIpc) is 1.86. The van der Waals surface area contributed by atoms with E-state index < -0.39 is 11.8 Å². The topological polar surface area (TPSA) is 43.4 Å². The van der Waals surface area contributed by atoms with Gasteiger partial charge in [-0.3, -0.25) is 4.79 Å². The fraction of sp³-hybridized carbons (Fsp3) is 0.500. The first kappa shape index (κ1) is 9.70. The maximum Gasteiger partial charge on any atom is 0.388 e. The molecule has 0 bridgehead atoms. The minimum absolute atomic E-state index is 0.273. The fourth-order valence-electron chi connectivity index (χ4n) is 0.432. The van der Waals surface area contributed by atoms with Crippen molar-refractivity contribution in [2.45, 2.75) is 26.9 Å². The summed E-state index contributed by atoms with van der Waals surface area (Å²) in [7, 11) is 0. The van der Waals surface area contributed by atoms with Crippen LogP contribution in [0.5, 0.6) is 0 Å². The van der Waals surface area contributed by atoms with E-state index in [0.717, 1.165) is 0 Å². The monoisotopic (exact) mass is 154 g/mol. The van der Waals surface area contributed by atoms with Gasteiger partial charge in [-0.05, 0) is 26.7 Å². The van der Waals surface area contributed by atoms with Gasteiger partial charge in [0.1, 0.15) is 0 Å². The minimum Gasteiger partial charge on any atom is -0.456 e. The molecule has 0 aliphatic carbocycles. The van der Waals surface area contributed by atoms with Crippen LogP contribution in [0.2, 0.25) is 0 Å². The Labute approximate surface area is 65.7 Å². The van der Waals surface area contributed by atoms with Crippen LogP contribution in [-0.2, 0) is 14.3 Å². The average molecular weight is 154 g/mol. The van der Waals surface area contributed by atoms with Crippen LogP contribution >= 0.6 is 0 Å². The Morgan fingerprint density at radius 3 is 2.27 bits per heavy atom. The smallest absolute Gasteiger partial charge is 0.388 e. The maximum absolute atomic E-state index is 10.7. The lowest BCUT2D eigenvalue weighted by molar-refractivity contribution is -0.154. The lowest BCUT2D eigenvalue weighted by Crippen LogP contribution is -2.19. The highest BCUT2D eigenvalue weighted by atomic mass is 16.5. The summed E-state index contributed by atoms with van der Waals surface area (Å²) < 4.78 is 4.57. The second-order valence-corrected chi connectivity index (χ2v) is 2.16. The van der Waals surface area contributed by atoms with Crippen LogP contribution in [0.4, 0.5) is 0 Å². The molecule has 0 N–H and O–H groups in total. The molecule has 0 aromatic rings. The Bertz CT molecular complexity index is 217. The lowest BCUT2D eigenvalue weighted by atomic mass is 10.4. The summed E-state index contributed by atoms with van der Waals surface area (Å²) in [6, 6.07) is 0. The van der Waals surface area contributed by atoms with E-state index in [1.54, 1.807) is 13.8 Å². The van der Waals surface area contributed by atoms with E-state index in [2.05, 4.69) is 16.6 Å². The number of hydrogen-bond acceptors (Lipinski definition) is 3. The Kier molecular flexibility index (Phi) is 3.97. The zero-order valence-corrected chi connectivity index (χ0v) is 6.80. The summed E-state index contributed by atoms with van der Waals surface area (Å²) in [5.74, 6) is 2.74. The minimum atomic E-state index is -0.880. The first-order chi connectivity index (χ1) is 5.07. The number of rotatable bonds is 2. The summed E-state index contributed by atoms with van der Waals surface area (Å²) >= 11 is 0. The van der Waals surface area contributed by atoms with E-state index in [9.17, 15) is 9.59 Å². The number of Topliss-reactive ketones (excluding diaryl/α,β-unsaturated/α-hetero) is 1. The SMILES string of the molecule is CC#CC(=O)C(=O)OC(C)C. The predicted molar refractivity (Wildman–Crippen MR) is 39.7 cm³/mol. The van der Waals surface area contributed by atoms with Crippen molar-refractivity contribution < 1.29 is 14.3 Å². The molecule has 0 aromatic carbocycles. The van der Waals surface area contributed by atoms with Crippen LogP contribution in [0, 0.1) is 11.8 Å². The summed E-state index contributed by atoms with van der Waals surface area (Å²) in [5.41, 5.74) is 0. The van der Waals surface area contributed by atoms with Gasteiger partial charge in [0, 0.05) is 0 Å². The molecule has 0 heterocycles. The van der Waals surface area contributed by atoms with Crippen LogP contribution < -0.4 is 0 Å². The van der Waals surface area contributed by atoms with Gasteiger partial charge < -0.3 is 4.74 Å². The molecule has 3 heteroatoms. The third kappa shape index (κ3) is 4.15. The molecule has 0 spiro atoms. The molecule has 60 valence electrons. The fourth-order valence-corrected chi connectivity index (χ4v) is 0.432. The molecule has 0 saturated heterocycles. The quantitative estimate of drug-likeness (QED) is 0.252. The zero-order chi connectivity index (χ0) is 8.85. The van der Waals surface area contributed by atoms with E-state index in [4.69, 9.17) is 0 Å². The number of hydrogen-bond donors (Lipinski definition) is 0. The molecule has 11 heavy (non-hydrogen) atoms.